The van der Waals surface area contributed by atoms with Crippen LogP contribution in [-0.2, 0) is 4.79 Å². The van der Waals surface area contributed by atoms with Gasteiger partial charge in [0.1, 0.15) is 11.5 Å². The lowest BCUT2D eigenvalue weighted by molar-refractivity contribution is -0.117. The summed E-state index contributed by atoms with van der Waals surface area (Å²) in [7, 11) is 0. The highest BCUT2D eigenvalue weighted by molar-refractivity contribution is 5.94. The van der Waals surface area contributed by atoms with Crippen molar-refractivity contribution in [1.82, 2.24) is 19.7 Å². The van der Waals surface area contributed by atoms with Crippen LogP contribution < -0.4 is 21.1 Å². The van der Waals surface area contributed by atoms with Crippen molar-refractivity contribution in [3.05, 3.63) is 64.8 Å². The Balaban J connectivity index is 1.20. The molecule has 8 nitrogen and oxygen atoms in total. The van der Waals surface area contributed by atoms with Crippen molar-refractivity contribution < 1.29 is 4.79 Å². The lowest BCUT2D eigenvalue weighted by Gasteiger charge is -2.36. The standard InChI is InChI=1S/C26H32N6O2/c1-18(26(34)30-23-14-25(33)32-13-3-2-9-24(32)29-23)22-11-10-21(16-28-22)31-12-5-8-20(17-31)27-15-19-6-4-7-19/h2-3,9-11,13-14,16,18-20,27H,4-8,12,15,17H2,1H3,(H,30,34)/t18?,20-/m1/s1. The van der Waals surface area contributed by atoms with Gasteiger partial charge in [-0.2, -0.15) is 0 Å². The van der Waals surface area contributed by atoms with Gasteiger partial charge in [0.2, 0.25) is 5.91 Å². The van der Waals surface area contributed by atoms with Crippen LogP contribution in [0.25, 0.3) is 5.65 Å². The zero-order valence-electron chi connectivity index (χ0n) is 19.6. The molecule has 2 N–H and O–H groups in total. The van der Waals surface area contributed by atoms with Crippen LogP contribution in [0.3, 0.4) is 0 Å². The fraction of sp³-hybridized carbons (Fsp3) is 0.462. The molecule has 5 rings (SSSR count). The number of amides is 1. The van der Waals surface area contributed by atoms with Crippen molar-refractivity contribution in [3.8, 4) is 0 Å². The van der Waals surface area contributed by atoms with Crippen LogP contribution in [0, 0.1) is 5.92 Å². The molecule has 0 radical (unpaired) electrons. The molecule has 178 valence electrons. The van der Waals surface area contributed by atoms with Gasteiger partial charge in [-0.25, -0.2) is 4.98 Å². The number of piperidine rings is 1. The van der Waals surface area contributed by atoms with E-state index in [-0.39, 0.29) is 17.3 Å². The molecule has 34 heavy (non-hydrogen) atoms. The van der Waals surface area contributed by atoms with E-state index in [1.54, 1.807) is 24.4 Å². The first-order valence-corrected chi connectivity index (χ1v) is 12.3. The van der Waals surface area contributed by atoms with E-state index in [0.29, 0.717) is 17.4 Å². The molecule has 3 aromatic heterocycles. The Kier molecular flexibility index (Phi) is 6.58. The summed E-state index contributed by atoms with van der Waals surface area (Å²) >= 11 is 0. The zero-order valence-corrected chi connectivity index (χ0v) is 19.6. The highest BCUT2D eigenvalue weighted by Gasteiger charge is 2.24. The maximum absolute atomic E-state index is 12.8. The van der Waals surface area contributed by atoms with Crippen molar-refractivity contribution in [3.63, 3.8) is 0 Å². The number of carbonyl (C=O) groups is 1. The van der Waals surface area contributed by atoms with Gasteiger partial charge in [0.15, 0.2) is 0 Å². The van der Waals surface area contributed by atoms with E-state index in [9.17, 15) is 9.59 Å². The number of nitrogens with zero attached hydrogens (tertiary/aromatic N) is 4. The molecule has 0 bridgehead atoms. The largest absolute Gasteiger partial charge is 0.369 e. The second kappa shape index (κ2) is 9.93. The fourth-order valence-corrected chi connectivity index (χ4v) is 4.74. The normalized spacial score (nSPS) is 19.6. The molecule has 1 aliphatic heterocycles. The van der Waals surface area contributed by atoms with Crippen molar-refractivity contribution in [2.75, 3.05) is 29.9 Å². The summed E-state index contributed by atoms with van der Waals surface area (Å²) in [6.45, 7) is 4.97. The molecule has 2 atom stereocenters. The van der Waals surface area contributed by atoms with Gasteiger partial charge in [-0.1, -0.05) is 12.5 Å². The first kappa shape index (κ1) is 22.5. The Bertz CT molecular complexity index is 1200. The molecule has 0 spiro atoms. The second-order valence-electron chi connectivity index (χ2n) is 9.55. The number of nitrogens with one attached hydrogen (secondary N) is 2. The van der Waals surface area contributed by atoms with Gasteiger partial charge >= 0.3 is 0 Å². The Morgan fingerprint density at radius 1 is 1.18 bits per heavy atom. The van der Waals surface area contributed by atoms with E-state index >= 15 is 0 Å². The SMILES string of the molecule is CC(C(=O)Nc1cc(=O)n2ccccc2n1)c1ccc(N2CCC[C@@H](NCC3CCC3)C2)cn1. The Labute approximate surface area is 199 Å². The highest BCUT2D eigenvalue weighted by Crippen LogP contribution is 2.26. The number of aromatic nitrogens is 3. The molecule has 2 aliphatic rings. The first-order valence-electron chi connectivity index (χ1n) is 12.3. The van der Waals surface area contributed by atoms with Gasteiger partial charge in [-0.05, 0) is 69.3 Å². The minimum absolute atomic E-state index is 0.238. The average molecular weight is 461 g/mol. The van der Waals surface area contributed by atoms with Gasteiger partial charge in [0.25, 0.3) is 5.56 Å². The maximum Gasteiger partial charge on any atom is 0.259 e. The van der Waals surface area contributed by atoms with Gasteiger partial charge in [0.05, 0.1) is 23.5 Å². The summed E-state index contributed by atoms with van der Waals surface area (Å²) in [6, 6.07) is 11.1. The third-order valence-electron chi connectivity index (χ3n) is 7.14. The van der Waals surface area contributed by atoms with Gasteiger partial charge in [-0.3, -0.25) is 19.0 Å². The van der Waals surface area contributed by atoms with Crippen LogP contribution in [0.5, 0.6) is 0 Å². The third kappa shape index (κ3) is 4.97. The summed E-state index contributed by atoms with van der Waals surface area (Å²) in [5.41, 5.74) is 2.03. The van der Waals surface area contributed by atoms with Crippen LogP contribution in [0.2, 0.25) is 0 Å². The summed E-state index contributed by atoms with van der Waals surface area (Å²) in [4.78, 5) is 36.5. The maximum atomic E-state index is 12.8. The molecule has 1 amide bonds. The summed E-state index contributed by atoms with van der Waals surface area (Å²) in [5.74, 6) is 0.403. The van der Waals surface area contributed by atoms with E-state index in [1.807, 2.05) is 19.2 Å². The summed E-state index contributed by atoms with van der Waals surface area (Å²) < 4.78 is 1.44. The monoisotopic (exact) mass is 460 g/mol. The fourth-order valence-electron chi connectivity index (χ4n) is 4.74. The number of carbonyl (C=O) groups excluding carboxylic acids is 1. The van der Waals surface area contributed by atoms with Crippen molar-refractivity contribution in [1.29, 1.82) is 0 Å². The minimum Gasteiger partial charge on any atom is -0.369 e. The van der Waals surface area contributed by atoms with E-state index < -0.39 is 5.92 Å². The lowest BCUT2D eigenvalue weighted by atomic mass is 9.85. The molecule has 4 heterocycles. The highest BCUT2D eigenvalue weighted by atomic mass is 16.2. The van der Waals surface area contributed by atoms with E-state index in [2.05, 4.69) is 31.6 Å². The topological polar surface area (TPSA) is 91.6 Å². The molecular weight excluding hydrogens is 428 g/mol. The van der Waals surface area contributed by atoms with Crippen LogP contribution in [0.4, 0.5) is 11.5 Å². The predicted octanol–water partition coefficient (Wildman–Crippen LogP) is 3.19. The molecule has 0 aromatic carbocycles. The molecule has 3 aromatic rings. The first-order chi connectivity index (χ1) is 16.6. The van der Waals surface area contributed by atoms with Crippen molar-refractivity contribution >= 4 is 23.1 Å². The van der Waals surface area contributed by atoms with Crippen molar-refractivity contribution in [2.45, 2.75) is 51.0 Å². The van der Waals surface area contributed by atoms with Gasteiger partial charge < -0.3 is 15.5 Å². The number of anilines is 2. The van der Waals surface area contributed by atoms with E-state index in [1.165, 1.54) is 42.6 Å². The number of fused-ring (bicyclic) bond motifs is 1. The summed E-state index contributed by atoms with van der Waals surface area (Å²) in [6.07, 6.45) is 10.0. The smallest absolute Gasteiger partial charge is 0.259 e. The molecular formula is C26H32N6O2. The molecule has 1 saturated heterocycles. The van der Waals surface area contributed by atoms with Crippen LogP contribution in [-0.4, -0.2) is 46.0 Å². The molecule has 8 heteroatoms. The number of hydrogen-bond acceptors (Lipinski definition) is 6. The van der Waals surface area contributed by atoms with Crippen LogP contribution in [0.1, 0.15) is 50.6 Å². The number of hydrogen-bond donors (Lipinski definition) is 2. The molecule has 1 saturated carbocycles. The zero-order chi connectivity index (χ0) is 23.5. The molecule has 2 fully saturated rings. The number of rotatable bonds is 7. The quantitative estimate of drug-likeness (QED) is 0.563. The summed E-state index contributed by atoms with van der Waals surface area (Å²) in [5, 5.41) is 6.53. The van der Waals surface area contributed by atoms with Crippen LogP contribution >= 0.6 is 0 Å². The van der Waals surface area contributed by atoms with Crippen LogP contribution in [0.15, 0.2) is 53.6 Å². The van der Waals surface area contributed by atoms with Crippen molar-refractivity contribution in [2.24, 2.45) is 5.92 Å². The minimum atomic E-state index is -0.469. The Hall–Kier alpha value is -3.26. The van der Waals surface area contributed by atoms with Gasteiger partial charge in [-0.15, -0.1) is 0 Å². The Morgan fingerprint density at radius 2 is 2.06 bits per heavy atom. The third-order valence-corrected chi connectivity index (χ3v) is 7.14. The number of pyridine rings is 2. The van der Waals surface area contributed by atoms with E-state index in [4.69, 9.17) is 0 Å². The lowest BCUT2D eigenvalue weighted by Crippen LogP contribution is -2.47. The van der Waals surface area contributed by atoms with Gasteiger partial charge in [0, 0.05) is 31.4 Å². The average Bonchev–Trinajstić information content (AvgIpc) is 2.83. The molecule has 1 unspecified atom stereocenters. The Morgan fingerprint density at radius 3 is 2.82 bits per heavy atom. The second-order valence-corrected chi connectivity index (χ2v) is 9.55. The predicted molar refractivity (Wildman–Crippen MR) is 133 cm³/mol. The molecule has 1 aliphatic carbocycles. The van der Waals surface area contributed by atoms with E-state index in [0.717, 1.165) is 31.2 Å².